The minimum Gasteiger partial charge on any atom is -0.448 e. The molecule has 0 spiro atoms. The van der Waals surface area contributed by atoms with E-state index in [0.29, 0.717) is 17.4 Å². The van der Waals surface area contributed by atoms with E-state index in [-0.39, 0.29) is 6.04 Å². The van der Waals surface area contributed by atoms with Crippen LogP contribution in [0.2, 0.25) is 5.22 Å². The molecule has 2 aromatic heterocycles. The van der Waals surface area contributed by atoms with Gasteiger partial charge in [0.25, 0.3) is 0 Å². The van der Waals surface area contributed by atoms with Crippen LogP contribution in [0.15, 0.2) is 34.9 Å². The summed E-state index contributed by atoms with van der Waals surface area (Å²) < 4.78 is 5.35. The first kappa shape index (κ1) is 13.1. The number of halogens is 1. The molecule has 96 valence electrons. The molecule has 0 aliphatic carbocycles. The topological polar surface area (TPSA) is 64.1 Å². The first-order valence-corrected chi connectivity index (χ1v) is 6.26. The quantitative estimate of drug-likeness (QED) is 0.644. The number of furan rings is 1. The number of nitrogens with two attached hydrogens (primary N) is 1. The molecule has 0 aliphatic rings. The summed E-state index contributed by atoms with van der Waals surface area (Å²) >= 11 is 5.75. The van der Waals surface area contributed by atoms with Crippen LogP contribution in [0.25, 0.3) is 0 Å². The predicted octanol–water partition coefficient (Wildman–Crippen LogP) is 2.64. The third-order valence-electron chi connectivity index (χ3n) is 2.85. The Morgan fingerprint density at radius 1 is 1.39 bits per heavy atom. The van der Waals surface area contributed by atoms with Gasteiger partial charge in [0.1, 0.15) is 5.76 Å². The molecule has 0 saturated carbocycles. The molecule has 4 nitrogen and oxygen atoms in total. The summed E-state index contributed by atoms with van der Waals surface area (Å²) in [5.74, 6) is 6.25. The van der Waals surface area contributed by atoms with Crippen LogP contribution in [0, 0.1) is 0 Å². The van der Waals surface area contributed by atoms with Gasteiger partial charge < -0.3 is 4.42 Å². The zero-order valence-corrected chi connectivity index (χ0v) is 10.9. The Hall–Kier alpha value is -1.36. The summed E-state index contributed by atoms with van der Waals surface area (Å²) in [6.45, 7) is 2.10. The first-order chi connectivity index (χ1) is 8.72. The predicted molar refractivity (Wildman–Crippen MR) is 71.1 cm³/mol. The Labute approximate surface area is 111 Å². The van der Waals surface area contributed by atoms with Gasteiger partial charge >= 0.3 is 0 Å². The number of aromatic nitrogens is 1. The van der Waals surface area contributed by atoms with Gasteiger partial charge in [-0.3, -0.25) is 10.8 Å². The van der Waals surface area contributed by atoms with E-state index < -0.39 is 0 Å². The van der Waals surface area contributed by atoms with Crippen LogP contribution in [-0.4, -0.2) is 4.98 Å². The second-order valence-electron chi connectivity index (χ2n) is 4.08. The molecule has 5 heteroatoms. The highest BCUT2D eigenvalue weighted by atomic mass is 35.5. The van der Waals surface area contributed by atoms with Crippen molar-refractivity contribution in [2.75, 3.05) is 0 Å². The van der Waals surface area contributed by atoms with Gasteiger partial charge in [-0.2, -0.15) is 0 Å². The number of aryl methyl sites for hydroxylation is 1. The van der Waals surface area contributed by atoms with Crippen molar-refractivity contribution in [1.29, 1.82) is 0 Å². The Bertz CT molecular complexity index is 495. The number of nitrogens with zero attached hydrogens (tertiary/aromatic N) is 1. The van der Waals surface area contributed by atoms with Crippen molar-refractivity contribution in [1.82, 2.24) is 10.4 Å². The number of hydrogen-bond acceptors (Lipinski definition) is 4. The van der Waals surface area contributed by atoms with Gasteiger partial charge in [-0.1, -0.05) is 13.0 Å². The lowest BCUT2D eigenvalue weighted by Crippen LogP contribution is -2.29. The van der Waals surface area contributed by atoms with Crippen molar-refractivity contribution in [3.63, 3.8) is 0 Å². The number of nitrogens with one attached hydrogen (secondary N) is 1. The molecule has 3 N–H and O–H groups in total. The van der Waals surface area contributed by atoms with Crippen LogP contribution >= 0.6 is 11.6 Å². The Morgan fingerprint density at radius 3 is 2.72 bits per heavy atom. The second kappa shape index (κ2) is 6.00. The van der Waals surface area contributed by atoms with Crippen LogP contribution in [0.5, 0.6) is 0 Å². The molecule has 0 bridgehead atoms. The second-order valence-corrected chi connectivity index (χ2v) is 4.45. The molecule has 18 heavy (non-hydrogen) atoms. The lowest BCUT2D eigenvalue weighted by Gasteiger charge is -2.12. The molecule has 0 aromatic carbocycles. The Kier molecular flexibility index (Phi) is 4.36. The van der Waals surface area contributed by atoms with E-state index in [0.717, 1.165) is 12.1 Å². The van der Waals surface area contributed by atoms with Gasteiger partial charge in [-0.25, -0.2) is 5.43 Å². The SMILES string of the molecule is CCc1ccc(CC(NN)c2ccc(Cl)o2)nc1. The van der Waals surface area contributed by atoms with E-state index in [9.17, 15) is 0 Å². The lowest BCUT2D eigenvalue weighted by atomic mass is 10.1. The maximum Gasteiger partial charge on any atom is 0.193 e. The van der Waals surface area contributed by atoms with Crippen molar-refractivity contribution in [3.05, 3.63) is 52.7 Å². The van der Waals surface area contributed by atoms with Crippen LogP contribution in [0.3, 0.4) is 0 Å². The Morgan fingerprint density at radius 2 is 2.22 bits per heavy atom. The highest BCUT2D eigenvalue weighted by Crippen LogP contribution is 2.22. The average molecular weight is 266 g/mol. The van der Waals surface area contributed by atoms with Crippen LogP contribution < -0.4 is 11.3 Å². The lowest BCUT2D eigenvalue weighted by molar-refractivity contribution is 0.415. The standard InChI is InChI=1S/C13H16ClN3O/c1-2-9-3-4-10(16-8-9)7-11(17-15)12-5-6-13(14)18-12/h3-6,8,11,17H,2,7,15H2,1H3. The van der Waals surface area contributed by atoms with E-state index in [1.54, 1.807) is 6.07 Å². The monoisotopic (exact) mass is 265 g/mol. The number of hydrazine groups is 1. The van der Waals surface area contributed by atoms with Crippen LogP contribution in [0.4, 0.5) is 0 Å². The molecule has 2 aromatic rings. The van der Waals surface area contributed by atoms with Gasteiger partial charge in [0.15, 0.2) is 5.22 Å². The maximum absolute atomic E-state index is 5.75. The minimum atomic E-state index is -0.127. The van der Waals surface area contributed by atoms with Crippen molar-refractivity contribution in [2.24, 2.45) is 5.84 Å². The van der Waals surface area contributed by atoms with Crippen molar-refractivity contribution >= 4 is 11.6 Å². The molecule has 0 radical (unpaired) electrons. The van der Waals surface area contributed by atoms with Gasteiger partial charge in [0.05, 0.1) is 6.04 Å². The minimum absolute atomic E-state index is 0.127. The fraction of sp³-hybridized carbons (Fsp3) is 0.308. The molecule has 1 unspecified atom stereocenters. The number of rotatable bonds is 5. The fourth-order valence-electron chi connectivity index (χ4n) is 1.75. The molecular formula is C13H16ClN3O. The summed E-state index contributed by atoms with van der Waals surface area (Å²) in [5, 5.41) is 0.361. The third kappa shape index (κ3) is 3.10. The Balaban J connectivity index is 2.10. The summed E-state index contributed by atoms with van der Waals surface area (Å²) in [5.41, 5.74) is 4.90. The first-order valence-electron chi connectivity index (χ1n) is 5.88. The highest BCUT2D eigenvalue weighted by molar-refractivity contribution is 6.28. The zero-order valence-electron chi connectivity index (χ0n) is 10.2. The summed E-state index contributed by atoms with van der Waals surface area (Å²) in [7, 11) is 0. The van der Waals surface area contributed by atoms with Crippen LogP contribution in [-0.2, 0) is 12.8 Å². The summed E-state index contributed by atoms with van der Waals surface area (Å²) in [4.78, 5) is 4.40. The van der Waals surface area contributed by atoms with E-state index in [1.165, 1.54) is 5.56 Å². The van der Waals surface area contributed by atoms with Crippen molar-refractivity contribution in [3.8, 4) is 0 Å². The summed E-state index contributed by atoms with van der Waals surface area (Å²) in [6.07, 6.45) is 3.53. The summed E-state index contributed by atoms with van der Waals surface area (Å²) in [6, 6.07) is 7.47. The van der Waals surface area contributed by atoms with Crippen molar-refractivity contribution < 1.29 is 4.42 Å². The van der Waals surface area contributed by atoms with E-state index in [4.69, 9.17) is 21.9 Å². The molecule has 1 atom stereocenters. The van der Waals surface area contributed by atoms with Crippen molar-refractivity contribution in [2.45, 2.75) is 25.8 Å². The largest absolute Gasteiger partial charge is 0.448 e. The molecule has 2 rings (SSSR count). The van der Waals surface area contributed by atoms with Crippen LogP contribution in [0.1, 0.15) is 30.0 Å². The average Bonchev–Trinajstić information content (AvgIpc) is 2.83. The van der Waals surface area contributed by atoms with Gasteiger partial charge in [0.2, 0.25) is 0 Å². The normalized spacial score (nSPS) is 12.6. The van der Waals surface area contributed by atoms with Gasteiger partial charge in [0, 0.05) is 18.3 Å². The number of hydrogen-bond donors (Lipinski definition) is 2. The van der Waals surface area contributed by atoms with E-state index in [1.807, 2.05) is 18.3 Å². The smallest absolute Gasteiger partial charge is 0.193 e. The molecule has 0 amide bonds. The van der Waals surface area contributed by atoms with E-state index >= 15 is 0 Å². The highest BCUT2D eigenvalue weighted by Gasteiger charge is 2.15. The van der Waals surface area contributed by atoms with Gasteiger partial charge in [-0.15, -0.1) is 0 Å². The fourth-order valence-corrected chi connectivity index (χ4v) is 1.90. The third-order valence-corrected chi connectivity index (χ3v) is 3.05. The molecule has 0 aliphatic heterocycles. The zero-order chi connectivity index (χ0) is 13.0. The van der Waals surface area contributed by atoms with E-state index in [2.05, 4.69) is 23.4 Å². The number of pyridine rings is 1. The molecule has 0 saturated heterocycles. The molecule has 2 heterocycles. The van der Waals surface area contributed by atoms with Gasteiger partial charge in [-0.05, 0) is 41.8 Å². The molecule has 0 fully saturated rings. The molecular weight excluding hydrogens is 250 g/mol. The maximum atomic E-state index is 5.75.